The molecule has 1 aromatic carbocycles. The van der Waals surface area contributed by atoms with Crippen molar-refractivity contribution in [2.75, 3.05) is 0 Å². The Bertz CT molecular complexity index is 519. The van der Waals surface area contributed by atoms with Crippen LogP contribution in [0.3, 0.4) is 0 Å². The summed E-state index contributed by atoms with van der Waals surface area (Å²) in [5.74, 6) is 0. The van der Waals surface area contributed by atoms with Gasteiger partial charge >= 0.3 is 0 Å². The molecule has 0 fully saturated rings. The molecule has 0 radical (unpaired) electrons. The fraction of sp³-hybridized carbons (Fsp3) is 0.100. The molecule has 16 heavy (non-hydrogen) atoms. The van der Waals surface area contributed by atoms with Crippen molar-refractivity contribution in [3.63, 3.8) is 0 Å². The van der Waals surface area contributed by atoms with Gasteiger partial charge in [-0.1, -0.05) is 35.5 Å². The van der Waals surface area contributed by atoms with Gasteiger partial charge < -0.3 is 10.4 Å². The van der Waals surface area contributed by atoms with Crippen LogP contribution in [-0.2, 0) is 0 Å². The van der Waals surface area contributed by atoms with Crippen molar-refractivity contribution in [3.05, 3.63) is 41.2 Å². The van der Waals surface area contributed by atoms with Gasteiger partial charge in [-0.15, -0.1) is 0 Å². The zero-order valence-electron chi connectivity index (χ0n) is 8.49. The minimum Gasteiger partial charge on any atom is -0.411 e. The van der Waals surface area contributed by atoms with Crippen LogP contribution < -0.4 is 4.90 Å². The molecule has 2 rings (SSSR count). The number of hydrogen-bond donors (Lipinski definition) is 1. The van der Waals surface area contributed by atoms with Crippen LogP contribution in [-0.4, -0.2) is 16.1 Å². The molecule has 0 spiro atoms. The smallest absolute Gasteiger partial charge is 0.273 e. The lowest BCUT2D eigenvalue weighted by Crippen LogP contribution is -2.26. The third-order valence-electron chi connectivity index (χ3n) is 2.15. The fourth-order valence-electron chi connectivity index (χ4n) is 1.37. The molecule has 1 aromatic heterocycles. The largest absolute Gasteiger partial charge is 0.411 e. The van der Waals surface area contributed by atoms with Crippen molar-refractivity contribution in [2.45, 2.75) is 6.92 Å². The minimum absolute atomic E-state index is 0.220. The van der Waals surface area contributed by atoms with Crippen LogP contribution in [0.2, 0.25) is 0 Å². The van der Waals surface area contributed by atoms with Gasteiger partial charge in [-0.2, -0.15) is 0 Å². The predicted molar refractivity (Wildman–Crippen MR) is 54.9 cm³/mol. The molecule has 0 bridgehead atoms. The van der Waals surface area contributed by atoms with Crippen LogP contribution in [0.1, 0.15) is 12.6 Å². The summed E-state index contributed by atoms with van der Waals surface area (Å²) in [6.45, 7) is 1.53. The first kappa shape index (κ1) is 10.2. The molecular weight excluding hydrogens is 210 g/mol. The molecular formula is C10H9N3O3. The Hall–Kier alpha value is -2.37. The Kier molecular flexibility index (Phi) is 2.55. The van der Waals surface area contributed by atoms with E-state index in [4.69, 9.17) is 5.21 Å². The second-order valence-electron chi connectivity index (χ2n) is 3.18. The first-order chi connectivity index (χ1) is 7.74. The Morgan fingerprint density at radius 1 is 1.44 bits per heavy atom. The molecule has 1 heterocycles. The molecule has 2 aromatic rings. The summed E-state index contributed by atoms with van der Waals surface area (Å²) >= 11 is 0. The van der Waals surface area contributed by atoms with E-state index in [1.54, 1.807) is 24.3 Å². The van der Waals surface area contributed by atoms with E-state index in [-0.39, 0.29) is 17.1 Å². The lowest BCUT2D eigenvalue weighted by Gasteiger charge is -1.97. The molecule has 0 saturated carbocycles. The monoisotopic (exact) mass is 219 g/mol. The molecule has 0 aliphatic carbocycles. The van der Waals surface area contributed by atoms with Gasteiger partial charge in [-0.25, -0.2) is 0 Å². The zero-order valence-corrected chi connectivity index (χ0v) is 8.49. The second kappa shape index (κ2) is 4.01. The quantitative estimate of drug-likeness (QED) is 0.355. The van der Waals surface area contributed by atoms with Gasteiger partial charge in [0, 0.05) is 10.7 Å². The van der Waals surface area contributed by atoms with E-state index < -0.39 is 0 Å². The maximum atomic E-state index is 11.4. The van der Waals surface area contributed by atoms with Crippen molar-refractivity contribution < 1.29 is 14.7 Å². The maximum Gasteiger partial charge on any atom is 0.273 e. The van der Waals surface area contributed by atoms with Crippen molar-refractivity contribution in [3.8, 4) is 11.3 Å². The minimum atomic E-state index is 0.220. The summed E-state index contributed by atoms with van der Waals surface area (Å²) in [6, 6.07) is 8.90. The van der Waals surface area contributed by atoms with Crippen LogP contribution in [0.5, 0.6) is 0 Å². The molecule has 6 nitrogen and oxygen atoms in total. The molecule has 0 unspecified atom stereocenters. The van der Waals surface area contributed by atoms with Crippen LogP contribution in [0.15, 0.2) is 40.1 Å². The van der Waals surface area contributed by atoms with Crippen molar-refractivity contribution in [2.24, 2.45) is 5.16 Å². The van der Waals surface area contributed by atoms with E-state index in [1.165, 1.54) is 6.92 Å². The van der Waals surface area contributed by atoms with Gasteiger partial charge in [0.2, 0.25) is 5.69 Å². The van der Waals surface area contributed by atoms with E-state index in [2.05, 4.69) is 14.9 Å². The molecule has 0 aliphatic heterocycles. The summed E-state index contributed by atoms with van der Waals surface area (Å²) in [7, 11) is 0. The van der Waals surface area contributed by atoms with Crippen molar-refractivity contribution in [1.29, 1.82) is 0 Å². The first-order valence-electron chi connectivity index (χ1n) is 4.58. The Balaban J connectivity index is 2.61. The zero-order chi connectivity index (χ0) is 11.5. The Morgan fingerprint density at radius 3 is 2.75 bits per heavy atom. The molecule has 82 valence electrons. The van der Waals surface area contributed by atoms with Gasteiger partial charge in [-0.3, -0.25) is 4.63 Å². The van der Waals surface area contributed by atoms with E-state index in [1.807, 2.05) is 6.07 Å². The number of nitrogens with zero attached hydrogens (tertiary/aromatic N) is 3. The highest BCUT2D eigenvalue weighted by Crippen LogP contribution is 2.18. The van der Waals surface area contributed by atoms with Gasteiger partial charge in [0.05, 0.1) is 0 Å². The number of oxime groups is 1. The summed E-state index contributed by atoms with van der Waals surface area (Å²) in [5, 5.41) is 26.6. The molecule has 1 N–H and O–H groups in total. The summed E-state index contributed by atoms with van der Waals surface area (Å²) in [5.41, 5.74) is 1.33. The van der Waals surface area contributed by atoms with Crippen LogP contribution in [0.4, 0.5) is 0 Å². The average molecular weight is 219 g/mol. The average Bonchev–Trinajstić information content (AvgIpc) is 2.71. The Morgan fingerprint density at radius 2 is 2.12 bits per heavy atom. The van der Waals surface area contributed by atoms with E-state index in [9.17, 15) is 5.21 Å². The highest BCUT2D eigenvalue weighted by molar-refractivity contribution is 6.00. The predicted octanol–water partition coefficient (Wildman–Crippen LogP) is 1.17. The van der Waals surface area contributed by atoms with Gasteiger partial charge in [0.25, 0.3) is 5.69 Å². The third-order valence-corrected chi connectivity index (χ3v) is 2.15. The lowest BCUT2D eigenvalue weighted by atomic mass is 10.1. The molecule has 0 amide bonds. The van der Waals surface area contributed by atoms with Crippen LogP contribution in [0.25, 0.3) is 11.3 Å². The van der Waals surface area contributed by atoms with E-state index >= 15 is 0 Å². The fourth-order valence-corrected chi connectivity index (χ4v) is 1.37. The molecule has 6 heteroatoms. The first-order valence-corrected chi connectivity index (χ1v) is 4.58. The number of benzene rings is 1. The number of aromatic nitrogens is 2. The summed E-state index contributed by atoms with van der Waals surface area (Å²) in [4.78, 5) is 0.291. The highest BCUT2D eigenvalue weighted by Gasteiger charge is 2.23. The Labute approximate surface area is 91.0 Å². The topological polar surface area (TPSA) is 85.6 Å². The number of hydrogen-bond acceptors (Lipinski definition) is 5. The normalized spacial score (nSPS) is 11.7. The van der Waals surface area contributed by atoms with Gasteiger partial charge in [-0.05, 0) is 11.8 Å². The van der Waals surface area contributed by atoms with Crippen LogP contribution >= 0.6 is 0 Å². The summed E-state index contributed by atoms with van der Waals surface area (Å²) < 4.78 is 4.49. The van der Waals surface area contributed by atoms with Gasteiger partial charge in [0.15, 0.2) is 0 Å². The molecule has 0 atom stereocenters. The van der Waals surface area contributed by atoms with Crippen molar-refractivity contribution in [1.82, 2.24) is 5.16 Å². The second-order valence-corrected chi connectivity index (χ2v) is 3.18. The summed E-state index contributed by atoms with van der Waals surface area (Å²) in [6.07, 6.45) is 0. The lowest BCUT2D eigenvalue weighted by molar-refractivity contribution is -0.793. The number of rotatable bonds is 2. The highest BCUT2D eigenvalue weighted by atomic mass is 16.8. The SMILES string of the molecule is C/C(=N/O)c1no[n+]([O-])c1-c1ccccc1. The van der Waals surface area contributed by atoms with E-state index in [0.717, 1.165) is 0 Å². The van der Waals surface area contributed by atoms with Crippen molar-refractivity contribution >= 4 is 5.71 Å². The molecule has 0 saturated heterocycles. The van der Waals surface area contributed by atoms with E-state index in [0.29, 0.717) is 10.5 Å². The standard InChI is InChI=1S/C10H9N3O3/c1-7(11-14)9-10(13(15)16-12-9)8-5-3-2-4-6-8/h2-6,14H,1H3/b11-7-. The molecule has 0 aliphatic rings. The third kappa shape index (κ3) is 1.60. The van der Waals surface area contributed by atoms with Crippen LogP contribution in [0, 0.1) is 5.21 Å². The van der Waals surface area contributed by atoms with Gasteiger partial charge in [0.1, 0.15) is 5.71 Å². The maximum absolute atomic E-state index is 11.4.